The van der Waals surface area contributed by atoms with E-state index in [-0.39, 0.29) is 23.4 Å². The zero-order chi connectivity index (χ0) is 20.2. The molecule has 10 nitrogen and oxygen atoms in total. The lowest BCUT2D eigenvalue weighted by Crippen LogP contribution is -2.39. The minimum atomic E-state index is -3.73. The standard InChI is InChI=1S/C16H21N5O5S2/c1-11-18-15(26-19-11)16-7-13(6-12(16)9-21(10-16)27(2,22)23)20-28(24,25)14-4-3-5-17-8-14/h3-5,8,12-13,20H,6-7,9-10H2,1-2H3/t12?,13-,16+/m1/s1. The normalized spacial score (nSPS) is 28.5. The molecule has 1 saturated heterocycles. The molecule has 152 valence electrons. The Morgan fingerprint density at radius 3 is 2.71 bits per heavy atom. The molecule has 2 fully saturated rings. The number of aryl methyl sites for hydroxylation is 1. The van der Waals surface area contributed by atoms with Crippen molar-refractivity contribution in [3.63, 3.8) is 0 Å². The number of nitrogens with zero attached hydrogens (tertiary/aromatic N) is 4. The highest BCUT2D eigenvalue weighted by molar-refractivity contribution is 7.89. The Labute approximate surface area is 163 Å². The van der Waals surface area contributed by atoms with Gasteiger partial charge in [0.2, 0.25) is 25.9 Å². The fourth-order valence-corrected chi connectivity index (χ4v) is 6.42. The number of pyridine rings is 1. The average Bonchev–Trinajstić information content (AvgIpc) is 3.27. The molecule has 3 atom stereocenters. The average molecular weight is 428 g/mol. The van der Waals surface area contributed by atoms with Crippen molar-refractivity contribution >= 4 is 20.0 Å². The van der Waals surface area contributed by atoms with Gasteiger partial charge in [-0.1, -0.05) is 5.16 Å². The summed E-state index contributed by atoms with van der Waals surface area (Å²) in [5.74, 6) is 0.702. The first-order valence-corrected chi connectivity index (χ1v) is 12.1. The van der Waals surface area contributed by atoms with Crippen LogP contribution in [-0.4, -0.2) is 61.7 Å². The zero-order valence-corrected chi connectivity index (χ0v) is 17.1. The van der Waals surface area contributed by atoms with Crippen LogP contribution in [0.5, 0.6) is 0 Å². The SMILES string of the molecule is Cc1noc([C@]23C[C@H](NS(=O)(=O)c4cccnc4)CC2CN(S(C)(=O)=O)C3)n1. The molecule has 2 aromatic heterocycles. The summed E-state index contributed by atoms with van der Waals surface area (Å²) < 4.78 is 59.0. The van der Waals surface area contributed by atoms with Crippen LogP contribution in [0.3, 0.4) is 0 Å². The van der Waals surface area contributed by atoms with Crippen LogP contribution >= 0.6 is 0 Å². The van der Waals surface area contributed by atoms with Gasteiger partial charge in [0.05, 0.1) is 11.7 Å². The van der Waals surface area contributed by atoms with Crippen molar-refractivity contribution < 1.29 is 21.4 Å². The highest BCUT2D eigenvalue weighted by atomic mass is 32.2. The maximum atomic E-state index is 12.7. The van der Waals surface area contributed by atoms with Gasteiger partial charge in [-0.2, -0.15) is 4.98 Å². The minimum Gasteiger partial charge on any atom is -0.339 e. The summed E-state index contributed by atoms with van der Waals surface area (Å²) >= 11 is 0. The summed E-state index contributed by atoms with van der Waals surface area (Å²) in [5, 5.41) is 3.85. The van der Waals surface area contributed by atoms with E-state index in [2.05, 4.69) is 19.8 Å². The minimum absolute atomic E-state index is 0.0903. The molecule has 12 heteroatoms. The van der Waals surface area contributed by atoms with Crippen molar-refractivity contribution in [1.82, 2.24) is 24.2 Å². The van der Waals surface area contributed by atoms with Crippen molar-refractivity contribution in [3.05, 3.63) is 36.2 Å². The molecule has 0 amide bonds. The van der Waals surface area contributed by atoms with E-state index >= 15 is 0 Å². The summed E-state index contributed by atoms with van der Waals surface area (Å²) in [5.41, 5.74) is -0.702. The predicted molar refractivity (Wildman–Crippen MR) is 98.2 cm³/mol. The number of aromatic nitrogens is 3. The van der Waals surface area contributed by atoms with Gasteiger partial charge in [0.25, 0.3) is 0 Å². The second kappa shape index (κ2) is 6.58. The molecule has 1 unspecified atom stereocenters. The third-order valence-corrected chi connectivity index (χ3v) is 8.25. The molecule has 28 heavy (non-hydrogen) atoms. The van der Waals surface area contributed by atoms with E-state index < -0.39 is 25.5 Å². The second-order valence-corrected chi connectivity index (χ2v) is 11.2. The molecule has 0 aromatic carbocycles. The lowest BCUT2D eigenvalue weighted by molar-refractivity contribution is 0.259. The maximum absolute atomic E-state index is 12.7. The third-order valence-electron chi connectivity index (χ3n) is 5.53. The van der Waals surface area contributed by atoms with Gasteiger partial charge in [-0.05, 0) is 37.8 Å². The first-order chi connectivity index (χ1) is 13.1. The molecule has 1 N–H and O–H groups in total. The van der Waals surface area contributed by atoms with E-state index in [0.717, 1.165) is 0 Å². The summed E-state index contributed by atoms with van der Waals surface area (Å²) in [6.45, 7) is 2.19. The molecule has 0 spiro atoms. The van der Waals surface area contributed by atoms with Crippen LogP contribution in [0, 0.1) is 12.8 Å². The lowest BCUT2D eigenvalue weighted by atomic mass is 9.80. The molecule has 0 bridgehead atoms. The van der Waals surface area contributed by atoms with Crippen LogP contribution in [0.15, 0.2) is 33.9 Å². The number of rotatable bonds is 5. The first-order valence-electron chi connectivity index (χ1n) is 8.78. The number of hydrogen-bond acceptors (Lipinski definition) is 8. The van der Waals surface area contributed by atoms with Gasteiger partial charge in [-0.15, -0.1) is 0 Å². The Balaban J connectivity index is 1.63. The van der Waals surface area contributed by atoms with Crippen LogP contribution in [-0.2, 0) is 25.5 Å². The maximum Gasteiger partial charge on any atom is 0.242 e. The topological polar surface area (TPSA) is 135 Å². The highest BCUT2D eigenvalue weighted by Gasteiger charge is 2.59. The van der Waals surface area contributed by atoms with Crippen molar-refractivity contribution in [2.75, 3.05) is 19.3 Å². The number of sulfonamides is 2. The molecule has 2 aliphatic rings. The molecular formula is C16H21N5O5S2. The van der Waals surface area contributed by atoms with Crippen molar-refractivity contribution in [3.8, 4) is 0 Å². The molecule has 1 saturated carbocycles. The van der Waals surface area contributed by atoms with E-state index in [1.165, 1.54) is 29.0 Å². The van der Waals surface area contributed by atoms with Crippen LogP contribution in [0.25, 0.3) is 0 Å². The Morgan fingerprint density at radius 1 is 1.32 bits per heavy atom. The largest absolute Gasteiger partial charge is 0.339 e. The second-order valence-electron chi connectivity index (χ2n) is 7.50. The highest BCUT2D eigenvalue weighted by Crippen LogP contribution is 2.50. The quantitative estimate of drug-likeness (QED) is 0.707. The Kier molecular flexibility index (Phi) is 4.56. The van der Waals surface area contributed by atoms with E-state index in [0.29, 0.717) is 31.1 Å². The van der Waals surface area contributed by atoms with Gasteiger partial charge in [-0.25, -0.2) is 25.9 Å². The number of nitrogens with one attached hydrogen (secondary N) is 1. The molecule has 0 radical (unpaired) electrons. The van der Waals surface area contributed by atoms with Gasteiger partial charge in [0, 0.05) is 31.5 Å². The Bertz CT molecular complexity index is 1090. The number of fused-ring (bicyclic) bond motifs is 1. The van der Waals surface area contributed by atoms with Gasteiger partial charge in [0.1, 0.15) is 4.90 Å². The van der Waals surface area contributed by atoms with Crippen LogP contribution in [0.1, 0.15) is 24.6 Å². The van der Waals surface area contributed by atoms with E-state index in [1.807, 2.05) is 0 Å². The van der Waals surface area contributed by atoms with Gasteiger partial charge in [-0.3, -0.25) is 4.98 Å². The summed E-state index contributed by atoms with van der Waals surface area (Å²) in [6.07, 6.45) is 4.83. The molecule has 3 heterocycles. The van der Waals surface area contributed by atoms with E-state index in [4.69, 9.17) is 4.52 Å². The molecule has 1 aliphatic carbocycles. The van der Waals surface area contributed by atoms with Crippen molar-refractivity contribution in [1.29, 1.82) is 0 Å². The zero-order valence-electron chi connectivity index (χ0n) is 15.4. The van der Waals surface area contributed by atoms with Crippen LogP contribution < -0.4 is 4.72 Å². The fraction of sp³-hybridized carbons (Fsp3) is 0.562. The molecule has 2 aromatic rings. The Hall–Kier alpha value is -1.89. The molecular weight excluding hydrogens is 406 g/mol. The smallest absolute Gasteiger partial charge is 0.242 e. The van der Waals surface area contributed by atoms with Crippen molar-refractivity contribution in [2.24, 2.45) is 5.92 Å². The van der Waals surface area contributed by atoms with Gasteiger partial charge >= 0.3 is 0 Å². The third kappa shape index (κ3) is 3.34. The summed E-state index contributed by atoms with van der Waals surface area (Å²) in [7, 11) is -7.11. The van der Waals surface area contributed by atoms with Crippen LogP contribution in [0.2, 0.25) is 0 Å². The number of hydrogen-bond donors (Lipinski definition) is 1. The fourth-order valence-electron chi connectivity index (χ4n) is 4.29. The predicted octanol–water partition coefficient (Wildman–Crippen LogP) is 0.0431. The molecule has 1 aliphatic heterocycles. The Morgan fingerprint density at radius 2 is 2.11 bits per heavy atom. The van der Waals surface area contributed by atoms with E-state index in [1.54, 1.807) is 13.0 Å². The summed E-state index contributed by atoms with van der Waals surface area (Å²) in [6, 6.07) is 2.67. The first kappa shape index (κ1) is 19.4. The van der Waals surface area contributed by atoms with Gasteiger partial charge < -0.3 is 4.52 Å². The summed E-state index contributed by atoms with van der Waals surface area (Å²) in [4.78, 5) is 8.29. The monoisotopic (exact) mass is 427 g/mol. The van der Waals surface area contributed by atoms with Crippen molar-refractivity contribution in [2.45, 2.75) is 36.1 Å². The van der Waals surface area contributed by atoms with E-state index in [9.17, 15) is 16.8 Å². The van der Waals surface area contributed by atoms with Crippen LogP contribution in [0.4, 0.5) is 0 Å². The lowest BCUT2D eigenvalue weighted by Gasteiger charge is -2.24. The van der Waals surface area contributed by atoms with Gasteiger partial charge in [0.15, 0.2) is 5.82 Å². The molecule has 4 rings (SSSR count).